The van der Waals surface area contributed by atoms with Crippen LogP contribution in [-0.2, 0) is 20.8 Å². The van der Waals surface area contributed by atoms with Crippen LogP contribution in [0.5, 0.6) is 0 Å². The Morgan fingerprint density at radius 2 is 2.00 bits per heavy atom. The fourth-order valence-electron chi connectivity index (χ4n) is 2.61. The minimum atomic E-state index is -0.329. The lowest BCUT2D eigenvalue weighted by atomic mass is 9.93. The van der Waals surface area contributed by atoms with Gasteiger partial charge in [0.1, 0.15) is 12.3 Å². The lowest BCUT2D eigenvalue weighted by Crippen LogP contribution is -2.46. The third-order valence-corrected chi connectivity index (χ3v) is 3.54. The van der Waals surface area contributed by atoms with E-state index in [0.29, 0.717) is 13.2 Å². The summed E-state index contributed by atoms with van der Waals surface area (Å²) in [5.41, 5.74) is 1.11. The van der Waals surface area contributed by atoms with E-state index in [0.717, 1.165) is 0 Å². The molecule has 0 bridgehead atoms. The smallest absolute Gasteiger partial charge is 0.325 e. The molecule has 1 aliphatic heterocycles. The SMILES string of the molecule is COC(=O)[C@@H]1CO[C@H](C(C)(C)C)N1Cc1ccccc1. The second-order valence-corrected chi connectivity index (χ2v) is 6.25. The lowest BCUT2D eigenvalue weighted by molar-refractivity contribution is -0.146. The largest absolute Gasteiger partial charge is 0.468 e. The Bertz CT molecular complexity index is 453. The van der Waals surface area contributed by atoms with Gasteiger partial charge in [0.15, 0.2) is 0 Å². The molecule has 1 saturated heterocycles. The molecule has 0 spiro atoms. The fourth-order valence-corrected chi connectivity index (χ4v) is 2.61. The van der Waals surface area contributed by atoms with Crippen LogP contribution in [0.3, 0.4) is 0 Å². The van der Waals surface area contributed by atoms with Crippen molar-refractivity contribution in [2.24, 2.45) is 5.41 Å². The zero-order chi connectivity index (χ0) is 14.8. The maximum Gasteiger partial charge on any atom is 0.325 e. The first-order chi connectivity index (χ1) is 9.43. The molecule has 4 heteroatoms. The zero-order valence-corrected chi connectivity index (χ0v) is 12.6. The number of hydrogen-bond acceptors (Lipinski definition) is 4. The van der Waals surface area contributed by atoms with Crippen molar-refractivity contribution in [2.75, 3.05) is 13.7 Å². The number of rotatable bonds is 3. The topological polar surface area (TPSA) is 38.8 Å². The van der Waals surface area contributed by atoms with E-state index >= 15 is 0 Å². The van der Waals surface area contributed by atoms with Gasteiger partial charge in [-0.2, -0.15) is 0 Å². The average molecular weight is 277 g/mol. The molecule has 0 unspecified atom stereocenters. The molecule has 1 heterocycles. The molecule has 0 N–H and O–H groups in total. The highest BCUT2D eigenvalue weighted by molar-refractivity contribution is 5.76. The summed E-state index contributed by atoms with van der Waals surface area (Å²) in [6, 6.07) is 9.79. The number of methoxy groups -OCH3 is 1. The molecule has 1 aromatic rings. The van der Waals surface area contributed by atoms with Crippen molar-refractivity contribution in [3.8, 4) is 0 Å². The van der Waals surface area contributed by atoms with Crippen LogP contribution in [0.25, 0.3) is 0 Å². The van der Waals surface area contributed by atoms with Crippen LogP contribution in [0, 0.1) is 5.41 Å². The Labute approximate surface area is 120 Å². The fraction of sp³-hybridized carbons (Fsp3) is 0.562. The summed E-state index contributed by atoms with van der Waals surface area (Å²) in [5.74, 6) is -0.229. The quantitative estimate of drug-likeness (QED) is 0.795. The molecular formula is C16H23NO3. The average Bonchev–Trinajstić information content (AvgIpc) is 2.82. The third kappa shape index (κ3) is 3.19. The molecule has 1 aliphatic rings. The minimum absolute atomic E-state index is 0.0580. The first-order valence-corrected chi connectivity index (χ1v) is 6.92. The predicted molar refractivity (Wildman–Crippen MR) is 77.0 cm³/mol. The van der Waals surface area contributed by atoms with E-state index in [1.807, 2.05) is 18.2 Å². The maximum atomic E-state index is 11.9. The zero-order valence-electron chi connectivity index (χ0n) is 12.6. The van der Waals surface area contributed by atoms with Gasteiger partial charge in [-0.25, -0.2) is 0 Å². The molecule has 0 aliphatic carbocycles. The van der Waals surface area contributed by atoms with Crippen LogP contribution < -0.4 is 0 Å². The summed E-state index contributed by atoms with van der Waals surface area (Å²) in [6.07, 6.45) is -0.0909. The summed E-state index contributed by atoms with van der Waals surface area (Å²) in [7, 11) is 1.42. The maximum absolute atomic E-state index is 11.9. The molecule has 0 amide bonds. The van der Waals surface area contributed by atoms with E-state index in [-0.39, 0.29) is 23.7 Å². The van der Waals surface area contributed by atoms with Gasteiger partial charge in [-0.05, 0) is 5.56 Å². The monoisotopic (exact) mass is 277 g/mol. The molecule has 0 radical (unpaired) electrons. The van der Waals surface area contributed by atoms with E-state index < -0.39 is 0 Å². The van der Waals surface area contributed by atoms with Crippen molar-refractivity contribution in [2.45, 2.75) is 39.6 Å². The van der Waals surface area contributed by atoms with Gasteiger partial charge in [0.2, 0.25) is 0 Å². The van der Waals surface area contributed by atoms with Gasteiger partial charge >= 0.3 is 5.97 Å². The van der Waals surface area contributed by atoms with Crippen molar-refractivity contribution in [3.63, 3.8) is 0 Å². The Morgan fingerprint density at radius 1 is 1.35 bits per heavy atom. The first kappa shape index (κ1) is 15.0. The van der Waals surface area contributed by atoms with Crippen LogP contribution >= 0.6 is 0 Å². The van der Waals surface area contributed by atoms with Crippen molar-refractivity contribution in [1.82, 2.24) is 4.90 Å². The molecule has 1 aromatic carbocycles. The Kier molecular flexibility index (Phi) is 4.45. The van der Waals surface area contributed by atoms with Crippen molar-refractivity contribution < 1.29 is 14.3 Å². The van der Waals surface area contributed by atoms with Gasteiger partial charge in [0.25, 0.3) is 0 Å². The van der Waals surface area contributed by atoms with Crippen LogP contribution in [0.4, 0.5) is 0 Å². The number of carbonyl (C=O) groups is 1. The van der Waals surface area contributed by atoms with E-state index in [2.05, 4.69) is 37.8 Å². The number of nitrogens with zero attached hydrogens (tertiary/aromatic N) is 1. The number of carbonyl (C=O) groups excluding carboxylic acids is 1. The summed E-state index contributed by atoms with van der Waals surface area (Å²) < 4.78 is 10.8. The van der Waals surface area contributed by atoms with Crippen molar-refractivity contribution in [1.29, 1.82) is 0 Å². The molecule has 0 aromatic heterocycles. The van der Waals surface area contributed by atoms with E-state index in [4.69, 9.17) is 9.47 Å². The second-order valence-electron chi connectivity index (χ2n) is 6.25. The van der Waals surface area contributed by atoms with Gasteiger partial charge in [-0.15, -0.1) is 0 Å². The summed E-state index contributed by atoms with van der Waals surface area (Å²) >= 11 is 0. The van der Waals surface area contributed by atoms with Crippen molar-refractivity contribution >= 4 is 5.97 Å². The predicted octanol–water partition coefficient (Wildman–Crippen LogP) is 2.43. The molecule has 1 fully saturated rings. The standard InChI is InChI=1S/C16H23NO3/c1-16(2,3)15-17(10-12-8-6-5-7-9-12)13(11-20-15)14(18)19-4/h5-9,13,15H,10-11H2,1-4H3/t13-,15+/m0/s1. The number of esters is 1. The number of benzene rings is 1. The van der Waals surface area contributed by atoms with E-state index in [9.17, 15) is 4.79 Å². The molecule has 2 rings (SSSR count). The van der Waals surface area contributed by atoms with Crippen molar-refractivity contribution in [3.05, 3.63) is 35.9 Å². The number of ether oxygens (including phenoxy) is 2. The highest BCUT2D eigenvalue weighted by atomic mass is 16.5. The van der Waals surface area contributed by atoms with Crippen LogP contribution in [-0.4, -0.2) is 36.9 Å². The van der Waals surface area contributed by atoms with Gasteiger partial charge in [-0.1, -0.05) is 51.1 Å². The summed E-state index contributed by atoms with van der Waals surface area (Å²) in [5, 5.41) is 0. The molecule has 110 valence electrons. The van der Waals surface area contributed by atoms with E-state index in [1.54, 1.807) is 0 Å². The van der Waals surface area contributed by atoms with E-state index in [1.165, 1.54) is 12.7 Å². The summed E-state index contributed by atoms with van der Waals surface area (Å²) in [6.45, 7) is 7.43. The Hall–Kier alpha value is -1.39. The van der Waals surface area contributed by atoms with Crippen LogP contribution in [0.1, 0.15) is 26.3 Å². The molecule has 2 atom stereocenters. The van der Waals surface area contributed by atoms with Crippen LogP contribution in [0.15, 0.2) is 30.3 Å². The van der Waals surface area contributed by atoms with Gasteiger partial charge in [0, 0.05) is 12.0 Å². The second kappa shape index (κ2) is 5.94. The Morgan fingerprint density at radius 3 is 2.55 bits per heavy atom. The Balaban J connectivity index is 2.22. The normalized spacial score (nSPS) is 23.8. The number of hydrogen-bond donors (Lipinski definition) is 0. The van der Waals surface area contributed by atoms with Gasteiger partial charge in [0.05, 0.1) is 13.7 Å². The lowest BCUT2D eigenvalue weighted by Gasteiger charge is -2.35. The molecule has 0 saturated carbocycles. The molecular weight excluding hydrogens is 254 g/mol. The third-order valence-electron chi connectivity index (χ3n) is 3.54. The highest BCUT2D eigenvalue weighted by Gasteiger charge is 2.44. The summed E-state index contributed by atoms with van der Waals surface area (Å²) in [4.78, 5) is 14.0. The highest BCUT2D eigenvalue weighted by Crippen LogP contribution is 2.33. The van der Waals surface area contributed by atoms with Gasteiger partial charge < -0.3 is 9.47 Å². The first-order valence-electron chi connectivity index (χ1n) is 6.92. The molecule has 4 nitrogen and oxygen atoms in total. The molecule has 20 heavy (non-hydrogen) atoms. The minimum Gasteiger partial charge on any atom is -0.468 e. The van der Waals surface area contributed by atoms with Crippen LogP contribution in [0.2, 0.25) is 0 Å². The van der Waals surface area contributed by atoms with Gasteiger partial charge in [-0.3, -0.25) is 9.69 Å².